The highest BCUT2D eigenvalue weighted by molar-refractivity contribution is 6.32. The summed E-state index contributed by atoms with van der Waals surface area (Å²) in [4.78, 5) is 39.0. The standard InChI is InChI=1S/C19H14ClN3O5/c1-11-8-14(13-4-2-3-5-16(13)21-11)19(25)28-10-18(24)22-12-6-7-15(20)17(9-12)23(26)27/h2-9H,10H2,1H3,(H,22,24). The van der Waals surface area contributed by atoms with Crippen molar-refractivity contribution in [3.63, 3.8) is 0 Å². The van der Waals surface area contributed by atoms with Crippen molar-refractivity contribution in [3.05, 3.63) is 74.9 Å². The number of carbonyl (C=O) groups is 2. The average Bonchev–Trinajstić information content (AvgIpc) is 2.66. The Balaban J connectivity index is 1.69. The van der Waals surface area contributed by atoms with Crippen LogP contribution >= 0.6 is 11.6 Å². The summed E-state index contributed by atoms with van der Waals surface area (Å²) >= 11 is 5.73. The van der Waals surface area contributed by atoms with Crippen molar-refractivity contribution >= 4 is 45.8 Å². The van der Waals surface area contributed by atoms with Crippen LogP contribution in [0.3, 0.4) is 0 Å². The van der Waals surface area contributed by atoms with E-state index in [1.54, 1.807) is 31.2 Å². The number of halogens is 1. The summed E-state index contributed by atoms with van der Waals surface area (Å²) in [5, 5.41) is 13.9. The Labute approximate surface area is 164 Å². The lowest BCUT2D eigenvalue weighted by Crippen LogP contribution is -2.21. The fraction of sp³-hybridized carbons (Fsp3) is 0.105. The van der Waals surface area contributed by atoms with Crippen LogP contribution in [0.15, 0.2) is 48.5 Å². The molecule has 1 heterocycles. The highest BCUT2D eigenvalue weighted by atomic mass is 35.5. The van der Waals surface area contributed by atoms with Crippen LogP contribution in [-0.4, -0.2) is 28.4 Å². The molecular weight excluding hydrogens is 386 g/mol. The zero-order chi connectivity index (χ0) is 20.3. The fourth-order valence-corrected chi connectivity index (χ4v) is 2.80. The molecule has 0 fully saturated rings. The van der Waals surface area contributed by atoms with E-state index in [9.17, 15) is 19.7 Å². The number of aryl methyl sites for hydroxylation is 1. The number of benzene rings is 2. The summed E-state index contributed by atoms with van der Waals surface area (Å²) in [5.41, 5.74) is 1.42. The molecule has 1 amide bonds. The first kappa shape index (κ1) is 19.2. The molecule has 3 rings (SSSR count). The highest BCUT2D eigenvalue weighted by Gasteiger charge is 2.17. The Hall–Kier alpha value is -3.52. The van der Waals surface area contributed by atoms with E-state index >= 15 is 0 Å². The third-order valence-corrected chi connectivity index (χ3v) is 4.14. The molecule has 0 unspecified atom stereocenters. The number of pyridine rings is 1. The molecule has 0 radical (unpaired) electrons. The summed E-state index contributed by atoms with van der Waals surface area (Å²) in [7, 11) is 0. The van der Waals surface area contributed by atoms with Gasteiger partial charge in [0.15, 0.2) is 6.61 Å². The molecule has 0 saturated carbocycles. The number of nitrogens with one attached hydrogen (secondary N) is 1. The van der Waals surface area contributed by atoms with Gasteiger partial charge in [0.2, 0.25) is 0 Å². The minimum Gasteiger partial charge on any atom is -0.452 e. The lowest BCUT2D eigenvalue weighted by Gasteiger charge is -2.09. The van der Waals surface area contributed by atoms with Crippen LogP contribution in [0.25, 0.3) is 10.9 Å². The summed E-state index contributed by atoms with van der Waals surface area (Å²) in [6, 6.07) is 12.5. The second-order valence-electron chi connectivity index (χ2n) is 5.88. The van der Waals surface area contributed by atoms with E-state index in [-0.39, 0.29) is 16.4 Å². The van der Waals surface area contributed by atoms with Crippen molar-refractivity contribution in [3.8, 4) is 0 Å². The maximum absolute atomic E-state index is 12.4. The fourth-order valence-electron chi connectivity index (χ4n) is 2.61. The number of anilines is 1. The third kappa shape index (κ3) is 4.24. The van der Waals surface area contributed by atoms with E-state index in [0.717, 1.165) is 6.07 Å². The number of amides is 1. The molecule has 2 aromatic carbocycles. The molecule has 1 N–H and O–H groups in total. The van der Waals surface area contributed by atoms with Crippen molar-refractivity contribution in [1.29, 1.82) is 0 Å². The lowest BCUT2D eigenvalue weighted by atomic mass is 10.1. The Morgan fingerprint density at radius 3 is 2.71 bits per heavy atom. The second-order valence-corrected chi connectivity index (χ2v) is 6.28. The number of fused-ring (bicyclic) bond motifs is 1. The maximum Gasteiger partial charge on any atom is 0.339 e. The van der Waals surface area contributed by atoms with E-state index < -0.39 is 23.4 Å². The summed E-state index contributed by atoms with van der Waals surface area (Å²) in [6.45, 7) is 1.20. The largest absolute Gasteiger partial charge is 0.452 e. The third-order valence-electron chi connectivity index (χ3n) is 3.83. The Bertz CT molecular complexity index is 1100. The number of carbonyl (C=O) groups excluding carboxylic acids is 2. The van der Waals surface area contributed by atoms with Crippen molar-refractivity contribution in [2.45, 2.75) is 6.92 Å². The summed E-state index contributed by atoms with van der Waals surface area (Å²) < 4.78 is 5.09. The molecule has 1 aromatic heterocycles. The Kier molecular flexibility index (Phi) is 5.51. The van der Waals surface area contributed by atoms with Crippen molar-refractivity contribution in [2.75, 3.05) is 11.9 Å². The van der Waals surface area contributed by atoms with Gasteiger partial charge in [-0.3, -0.25) is 19.9 Å². The van der Waals surface area contributed by atoms with Gasteiger partial charge in [-0.1, -0.05) is 29.8 Å². The van der Waals surface area contributed by atoms with E-state index in [0.29, 0.717) is 22.2 Å². The number of aromatic nitrogens is 1. The highest BCUT2D eigenvalue weighted by Crippen LogP contribution is 2.27. The first-order valence-electron chi connectivity index (χ1n) is 8.12. The first-order chi connectivity index (χ1) is 13.3. The number of nitro groups is 1. The molecule has 28 heavy (non-hydrogen) atoms. The van der Waals surface area contributed by atoms with E-state index in [4.69, 9.17) is 16.3 Å². The van der Waals surface area contributed by atoms with Crippen LogP contribution in [0, 0.1) is 17.0 Å². The van der Waals surface area contributed by atoms with Crippen LogP contribution in [0.4, 0.5) is 11.4 Å². The van der Waals surface area contributed by atoms with E-state index in [1.165, 1.54) is 12.1 Å². The van der Waals surface area contributed by atoms with Gasteiger partial charge in [-0.05, 0) is 31.2 Å². The molecule has 0 atom stereocenters. The number of hydrogen-bond donors (Lipinski definition) is 1. The van der Waals surface area contributed by atoms with Gasteiger partial charge in [0.25, 0.3) is 11.6 Å². The maximum atomic E-state index is 12.4. The smallest absolute Gasteiger partial charge is 0.339 e. The van der Waals surface area contributed by atoms with E-state index in [1.807, 2.05) is 6.07 Å². The molecule has 0 aliphatic carbocycles. The van der Waals surface area contributed by atoms with Gasteiger partial charge in [0, 0.05) is 22.8 Å². The van der Waals surface area contributed by atoms with E-state index in [2.05, 4.69) is 10.3 Å². The summed E-state index contributed by atoms with van der Waals surface area (Å²) in [6.07, 6.45) is 0. The number of nitrogens with zero attached hydrogens (tertiary/aromatic N) is 2. The minimum absolute atomic E-state index is 0.0469. The van der Waals surface area contributed by atoms with Crippen LogP contribution in [0.2, 0.25) is 5.02 Å². The lowest BCUT2D eigenvalue weighted by molar-refractivity contribution is -0.384. The van der Waals surface area contributed by atoms with Gasteiger partial charge >= 0.3 is 5.97 Å². The molecular formula is C19H14ClN3O5. The predicted molar refractivity (Wildman–Crippen MR) is 103 cm³/mol. The SMILES string of the molecule is Cc1cc(C(=O)OCC(=O)Nc2ccc(Cl)c([N+](=O)[O-])c2)c2ccccc2n1. The number of rotatable bonds is 5. The zero-order valence-electron chi connectivity index (χ0n) is 14.6. The van der Waals surface area contributed by atoms with Crippen LogP contribution in [0.1, 0.15) is 16.1 Å². The molecule has 0 aliphatic rings. The zero-order valence-corrected chi connectivity index (χ0v) is 15.4. The number of hydrogen-bond acceptors (Lipinski definition) is 6. The molecule has 3 aromatic rings. The van der Waals surface area contributed by atoms with Crippen LogP contribution in [-0.2, 0) is 9.53 Å². The van der Waals surface area contributed by atoms with Gasteiger partial charge < -0.3 is 10.1 Å². The topological polar surface area (TPSA) is 111 Å². The summed E-state index contributed by atoms with van der Waals surface area (Å²) in [5.74, 6) is -1.31. The van der Waals surface area contributed by atoms with Crippen molar-refractivity contribution in [2.24, 2.45) is 0 Å². The Morgan fingerprint density at radius 1 is 1.21 bits per heavy atom. The number of ether oxygens (including phenoxy) is 1. The van der Waals surface area contributed by atoms with Gasteiger partial charge in [-0.2, -0.15) is 0 Å². The van der Waals surface area contributed by atoms with Gasteiger partial charge in [-0.25, -0.2) is 4.79 Å². The van der Waals surface area contributed by atoms with Gasteiger partial charge in [-0.15, -0.1) is 0 Å². The molecule has 8 nitrogen and oxygen atoms in total. The first-order valence-corrected chi connectivity index (χ1v) is 8.50. The quantitative estimate of drug-likeness (QED) is 0.395. The average molecular weight is 400 g/mol. The van der Waals surface area contributed by atoms with Gasteiger partial charge in [0.05, 0.1) is 16.0 Å². The Morgan fingerprint density at radius 2 is 1.96 bits per heavy atom. The van der Waals surface area contributed by atoms with Crippen LogP contribution < -0.4 is 5.32 Å². The molecule has 0 bridgehead atoms. The van der Waals surface area contributed by atoms with Crippen LogP contribution in [0.5, 0.6) is 0 Å². The molecule has 0 saturated heterocycles. The number of nitro benzene ring substituents is 1. The number of esters is 1. The predicted octanol–water partition coefficient (Wildman–Crippen LogP) is 3.90. The monoisotopic (exact) mass is 399 g/mol. The minimum atomic E-state index is -0.668. The van der Waals surface area contributed by atoms with Gasteiger partial charge in [0.1, 0.15) is 5.02 Å². The molecule has 0 aliphatic heterocycles. The normalized spacial score (nSPS) is 10.5. The molecule has 0 spiro atoms. The van der Waals surface area contributed by atoms with Crippen molar-refractivity contribution < 1.29 is 19.2 Å². The number of para-hydroxylation sites is 1. The second kappa shape index (κ2) is 8.01. The van der Waals surface area contributed by atoms with Crippen molar-refractivity contribution in [1.82, 2.24) is 4.98 Å². The molecule has 9 heteroatoms. The molecule has 142 valence electrons.